The van der Waals surface area contributed by atoms with Crippen molar-refractivity contribution < 1.29 is 19.2 Å². The molecule has 1 fully saturated rings. The first kappa shape index (κ1) is 17.8. The molecule has 0 unspecified atom stereocenters. The monoisotopic (exact) mass is 345 g/mol. The summed E-state index contributed by atoms with van der Waals surface area (Å²) in [7, 11) is 3.21. The summed E-state index contributed by atoms with van der Waals surface area (Å²) in [6.45, 7) is 4.94. The first-order chi connectivity index (χ1) is 12.2. The molecule has 1 aliphatic carbocycles. The zero-order valence-electron chi connectivity index (χ0n) is 15.3. The Morgan fingerprint density at radius 1 is 1.12 bits per heavy atom. The van der Waals surface area contributed by atoms with E-state index >= 15 is 0 Å². The second-order valence-corrected chi connectivity index (χ2v) is 7.00. The summed E-state index contributed by atoms with van der Waals surface area (Å²) < 4.78 is 10.6. The molecule has 2 aliphatic rings. The van der Waals surface area contributed by atoms with Gasteiger partial charge in [-0.05, 0) is 31.4 Å². The number of benzene rings is 1. The summed E-state index contributed by atoms with van der Waals surface area (Å²) in [6, 6.07) is 5.37. The van der Waals surface area contributed by atoms with Crippen LogP contribution in [0, 0.1) is 5.92 Å². The fourth-order valence-corrected chi connectivity index (χ4v) is 3.79. The quantitative estimate of drug-likeness (QED) is 0.821. The van der Waals surface area contributed by atoms with Gasteiger partial charge >= 0.3 is 0 Å². The van der Waals surface area contributed by atoms with E-state index < -0.39 is 0 Å². The van der Waals surface area contributed by atoms with Gasteiger partial charge in [0.15, 0.2) is 0 Å². The number of rotatable bonds is 5. The first-order valence-electron chi connectivity index (χ1n) is 9.20. The number of amides is 1. The predicted octanol–water partition coefficient (Wildman–Crippen LogP) is 1.40. The summed E-state index contributed by atoms with van der Waals surface area (Å²) in [4.78, 5) is 16.4. The summed E-state index contributed by atoms with van der Waals surface area (Å²) >= 11 is 0. The molecule has 0 spiro atoms. The highest BCUT2D eigenvalue weighted by atomic mass is 16.5. The van der Waals surface area contributed by atoms with Crippen LogP contribution in [0.2, 0.25) is 0 Å². The van der Waals surface area contributed by atoms with Gasteiger partial charge < -0.3 is 19.3 Å². The van der Waals surface area contributed by atoms with Crippen molar-refractivity contribution in [1.82, 2.24) is 4.90 Å². The Morgan fingerprint density at radius 2 is 1.80 bits per heavy atom. The molecule has 1 heterocycles. The lowest BCUT2D eigenvalue weighted by Gasteiger charge is -2.34. The molecule has 1 amide bonds. The van der Waals surface area contributed by atoms with Crippen molar-refractivity contribution in [2.75, 3.05) is 46.9 Å². The number of methoxy groups -OCH3 is 2. The minimum Gasteiger partial charge on any atom is -0.497 e. The van der Waals surface area contributed by atoms with Crippen LogP contribution in [0.4, 0.5) is 0 Å². The standard InChI is InChI=1S/C20H28N2O3/c1-24-18-12-17(13-19(14-18)25-2)20(23)22-10-8-21(9-11-22)15-16-6-4-3-5-7-16/h3-4,12-14,16H,5-11,15H2,1-2H3/p+1/t16-/m1/s1. The predicted molar refractivity (Wildman–Crippen MR) is 97.5 cm³/mol. The van der Waals surface area contributed by atoms with Crippen molar-refractivity contribution in [2.45, 2.75) is 19.3 Å². The molecule has 25 heavy (non-hydrogen) atoms. The average molecular weight is 345 g/mol. The molecular weight excluding hydrogens is 316 g/mol. The van der Waals surface area contributed by atoms with E-state index in [1.807, 2.05) is 4.90 Å². The average Bonchev–Trinajstić information content (AvgIpc) is 2.68. The Morgan fingerprint density at radius 3 is 2.36 bits per heavy atom. The van der Waals surface area contributed by atoms with Crippen LogP contribution >= 0.6 is 0 Å². The third kappa shape index (κ3) is 4.54. The number of nitrogens with zero attached hydrogens (tertiary/aromatic N) is 1. The normalized spacial score (nSPS) is 21.2. The Bertz CT molecular complexity index is 599. The Hall–Kier alpha value is -2.01. The number of piperazine rings is 1. The van der Waals surface area contributed by atoms with Gasteiger partial charge in [-0.3, -0.25) is 4.79 Å². The number of nitrogens with one attached hydrogen (secondary N) is 1. The lowest BCUT2D eigenvalue weighted by atomic mass is 9.94. The van der Waals surface area contributed by atoms with Crippen molar-refractivity contribution >= 4 is 5.91 Å². The Kier molecular flexibility index (Phi) is 5.97. The summed E-state index contributed by atoms with van der Waals surface area (Å²) in [5.74, 6) is 2.18. The van der Waals surface area contributed by atoms with Crippen LogP contribution in [0.15, 0.2) is 30.4 Å². The van der Waals surface area contributed by atoms with E-state index in [4.69, 9.17) is 9.47 Å². The van der Waals surface area contributed by atoms with Crippen molar-refractivity contribution in [3.05, 3.63) is 35.9 Å². The topological polar surface area (TPSA) is 43.2 Å². The SMILES string of the molecule is COc1cc(OC)cc(C(=O)N2CC[NH+](C[C@@H]3CC=CCC3)CC2)c1. The Balaban J connectivity index is 1.57. The van der Waals surface area contributed by atoms with E-state index in [-0.39, 0.29) is 5.91 Å². The number of hydrogen-bond acceptors (Lipinski definition) is 3. The van der Waals surface area contributed by atoms with Crippen molar-refractivity contribution in [1.29, 1.82) is 0 Å². The van der Waals surface area contributed by atoms with Gasteiger partial charge in [0.1, 0.15) is 11.5 Å². The lowest BCUT2D eigenvalue weighted by Crippen LogP contribution is -3.15. The van der Waals surface area contributed by atoms with Gasteiger partial charge in [-0.2, -0.15) is 0 Å². The Labute approximate surface area is 150 Å². The van der Waals surface area contributed by atoms with E-state index in [0.717, 1.165) is 32.1 Å². The van der Waals surface area contributed by atoms with Crippen LogP contribution in [-0.4, -0.2) is 57.8 Å². The van der Waals surface area contributed by atoms with Crippen LogP contribution in [-0.2, 0) is 0 Å². The molecule has 136 valence electrons. The molecule has 5 heteroatoms. The highest BCUT2D eigenvalue weighted by Crippen LogP contribution is 2.23. The summed E-state index contributed by atoms with van der Waals surface area (Å²) in [5.41, 5.74) is 0.636. The number of carbonyl (C=O) groups excluding carboxylic acids is 1. The molecule has 0 radical (unpaired) electrons. The van der Waals surface area contributed by atoms with Crippen LogP contribution in [0.25, 0.3) is 0 Å². The number of allylic oxidation sites excluding steroid dienone is 2. The van der Waals surface area contributed by atoms with E-state index in [1.54, 1.807) is 37.3 Å². The van der Waals surface area contributed by atoms with E-state index in [9.17, 15) is 4.79 Å². The molecule has 1 atom stereocenters. The molecule has 0 aromatic heterocycles. The fourth-order valence-electron chi connectivity index (χ4n) is 3.79. The van der Waals surface area contributed by atoms with Gasteiger partial charge in [0, 0.05) is 17.5 Å². The van der Waals surface area contributed by atoms with Gasteiger partial charge in [0.05, 0.1) is 46.9 Å². The third-order valence-corrected chi connectivity index (χ3v) is 5.31. The van der Waals surface area contributed by atoms with Gasteiger partial charge in [-0.1, -0.05) is 12.2 Å². The lowest BCUT2D eigenvalue weighted by molar-refractivity contribution is -0.907. The summed E-state index contributed by atoms with van der Waals surface area (Å²) in [6.07, 6.45) is 8.37. The summed E-state index contributed by atoms with van der Waals surface area (Å²) in [5, 5.41) is 0. The number of ether oxygens (including phenoxy) is 2. The minimum atomic E-state index is 0.0665. The van der Waals surface area contributed by atoms with E-state index in [0.29, 0.717) is 17.1 Å². The van der Waals surface area contributed by atoms with Crippen LogP contribution in [0.5, 0.6) is 11.5 Å². The highest BCUT2D eigenvalue weighted by molar-refractivity contribution is 5.95. The van der Waals surface area contributed by atoms with Crippen molar-refractivity contribution in [2.24, 2.45) is 5.92 Å². The smallest absolute Gasteiger partial charge is 0.254 e. The zero-order chi connectivity index (χ0) is 17.6. The molecule has 3 rings (SSSR count). The molecule has 5 nitrogen and oxygen atoms in total. The maximum absolute atomic E-state index is 12.8. The fraction of sp³-hybridized carbons (Fsp3) is 0.550. The molecule has 1 aromatic carbocycles. The van der Waals surface area contributed by atoms with Gasteiger partial charge in [0.2, 0.25) is 0 Å². The number of carbonyl (C=O) groups is 1. The minimum absolute atomic E-state index is 0.0665. The van der Waals surface area contributed by atoms with Crippen molar-refractivity contribution in [3.63, 3.8) is 0 Å². The first-order valence-corrected chi connectivity index (χ1v) is 9.20. The molecule has 1 aromatic rings. The molecule has 0 bridgehead atoms. The maximum atomic E-state index is 12.8. The third-order valence-electron chi connectivity index (χ3n) is 5.31. The van der Waals surface area contributed by atoms with Gasteiger partial charge in [-0.25, -0.2) is 0 Å². The van der Waals surface area contributed by atoms with Crippen molar-refractivity contribution in [3.8, 4) is 11.5 Å². The van der Waals surface area contributed by atoms with Gasteiger partial charge in [-0.15, -0.1) is 0 Å². The number of quaternary nitrogens is 1. The highest BCUT2D eigenvalue weighted by Gasteiger charge is 2.27. The molecule has 1 aliphatic heterocycles. The maximum Gasteiger partial charge on any atom is 0.254 e. The second-order valence-electron chi connectivity index (χ2n) is 7.00. The van der Waals surface area contributed by atoms with E-state index in [2.05, 4.69) is 12.2 Å². The van der Waals surface area contributed by atoms with Crippen LogP contribution < -0.4 is 14.4 Å². The molecule has 1 saturated heterocycles. The second kappa shape index (κ2) is 8.39. The van der Waals surface area contributed by atoms with Crippen LogP contribution in [0.3, 0.4) is 0 Å². The molecule has 0 saturated carbocycles. The number of hydrogen-bond donors (Lipinski definition) is 1. The molecular formula is C20H29N2O3+. The molecule has 1 N–H and O–H groups in total. The van der Waals surface area contributed by atoms with E-state index in [1.165, 1.54) is 25.8 Å². The zero-order valence-corrected chi connectivity index (χ0v) is 15.3. The van der Waals surface area contributed by atoms with Crippen LogP contribution in [0.1, 0.15) is 29.6 Å². The van der Waals surface area contributed by atoms with Gasteiger partial charge in [0.25, 0.3) is 5.91 Å². The largest absolute Gasteiger partial charge is 0.497 e.